The van der Waals surface area contributed by atoms with Gasteiger partial charge < -0.3 is 15.7 Å². The average molecular weight is 178 g/mol. The topological polar surface area (TPSA) is 61.4 Å². The number of aliphatic hydroxyl groups is 1. The third-order valence-corrected chi connectivity index (χ3v) is 2.02. The van der Waals surface area contributed by atoms with Crippen LogP contribution in [0.5, 0.6) is 0 Å². The Hall–Kier alpha value is -1.55. The molecule has 4 heteroatoms. The largest absolute Gasteiger partial charge is 0.392 e. The van der Waals surface area contributed by atoms with Gasteiger partial charge in [0, 0.05) is 5.56 Å². The van der Waals surface area contributed by atoms with Gasteiger partial charge in [0.15, 0.2) is 0 Å². The fraction of sp³-hybridized carbons (Fsp3) is 0.222. The lowest BCUT2D eigenvalue weighted by atomic mass is 10.1. The molecule has 68 valence electrons. The molecule has 0 bridgehead atoms. The molecule has 13 heavy (non-hydrogen) atoms. The maximum Gasteiger partial charge on any atom is 0.243 e. The number of nitrogens with one attached hydrogen (secondary N) is 2. The van der Waals surface area contributed by atoms with Gasteiger partial charge in [-0.1, -0.05) is 12.1 Å². The molecule has 0 aliphatic carbocycles. The molecule has 0 aromatic heterocycles. The molecule has 1 aliphatic heterocycles. The Bertz CT molecular complexity index is 349. The molecule has 0 radical (unpaired) electrons. The molecule has 1 aromatic rings. The van der Waals surface area contributed by atoms with Gasteiger partial charge in [-0.15, -0.1) is 0 Å². The van der Waals surface area contributed by atoms with Crippen LogP contribution in [0.4, 0.5) is 11.4 Å². The number of carbonyl (C=O) groups is 1. The molecule has 0 unspecified atom stereocenters. The minimum Gasteiger partial charge on any atom is -0.392 e. The Morgan fingerprint density at radius 3 is 3.08 bits per heavy atom. The molecule has 1 heterocycles. The minimum absolute atomic E-state index is 0.0218. The summed E-state index contributed by atoms with van der Waals surface area (Å²) in [5.74, 6) is -0.0532. The van der Waals surface area contributed by atoms with Crippen LogP contribution in [0.3, 0.4) is 0 Å². The Morgan fingerprint density at radius 1 is 1.46 bits per heavy atom. The number of fused-ring (bicyclic) bond motifs is 1. The highest BCUT2D eigenvalue weighted by Gasteiger charge is 2.15. The molecule has 2 rings (SSSR count). The normalized spacial score (nSPS) is 14.4. The second-order valence-electron chi connectivity index (χ2n) is 2.90. The smallest absolute Gasteiger partial charge is 0.243 e. The summed E-state index contributed by atoms with van der Waals surface area (Å²) >= 11 is 0. The van der Waals surface area contributed by atoms with Crippen LogP contribution in [0.25, 0.3) is 0 Å². The lowest BCUT2D eigenvalue weighted by molar-refractivity contribution is -0.114. The number of rotatable bonds is 1. The fourth-order valence-corrected chi connectivity index (χ4v) is 1.41. The number of para-hydroxylation sites is 1. The predicted octanol–water partition coefficient (Wildman–Crippen LogP) is 0.543. The first-order chi connectivity index (χ1) is 6.31. The van der Waals surface area contributed by atoms with Gasteiger partial charge in [-0.2, -0.15) is 0 Å². The van der Waals surface area contributed by atoms with Gasteiger partial charge in [0.25, 0.3) is 0 Å². The molecule has 1 amide bonds. The number of hydrogen-bond acceptors (Lipinski definition) is 3. The highest BCUT2D eigenvalue weighted by molar-refractivity contribution is 6.01. The third kappa shape index (κ3) is 1.36. The molecular weight excluding hydrogens is 168 g/mol. The standard InChI is InChI=1S/C9H10N2O2/c12-5-6-2-1-3-7-9(6)10-4-8(13)11-7/h1-3,10,12H,4-5H2,(H,11,13). The van der Waals surface area contributed by atoms with Crippen LogP contribution in [-0.4, -0.2) is 17.6 Å². The van der Waals surface area contributed by atoms with Crippen LogP contribution in [0.2, 0.25) is 0 Å². The number of aliphatic hydroxyl groups excluding tert-OH is 1. The summed E-state index contributed by atoms with van der Waals surface area (Å²) in [5, 5.41) is 14.7. The van der Waals surface area contributed by atoms with Crippen molar-refractivity contribution in [3.05, 3.63) is 23.8 Å². The van der Waals surface area contributed by atoms with Crippen LogP contribution in [0, 0.1) is 0 Å². The number of benzene rings is 1. The third-order valence-electron chi connectivity index (χ3n) is 2.02. The van der Waals surface area contributed by atoms with E-state index in [-0.39, 0.29) is 19.1 Å². The van der Waals surface area contributed by atoms with Crippen molar-refractivity contribution in [1.82, 2.24) is 0 Å². The average Bonchev–Trinajstić information content (AvgIpc) is 2.16. The van der Waals surface area contributed by atoms with E-state index in [1.54, 1.807) is 12.1 Å². The van der Waals surface area contributed by atoms with Gasteiger partial charge in [-0.05, 0) is 6.07 Å². The second kappa shape index (κ2) is 3.06. The Labute approximate surface area is 75.6 Å². The van der Waals surface area contributed by atoms with E-state index in [1.807, 2.05) is 6.07 Å². The second-order valence-corrected chi connectivity index (χ2v) is 2.90. The Kier molecular flexibility index (Phi) is 1.90. The van der Waals surface area contributed by atoms with Crippen LogP contribution in [-0.2, 0) is 11.4 Å². The fourth-order valence-electron chi connectivity index (χ4n) is 1.41. The number of anilines is 2. The summed E-state index contributed by atoms with van der Waals surface area (Å²) in [6.45, 7) is 0.246. The van der Waals surface area contributed by atoms with Gasteiger partial charge in [0.2, 0.25) is 5.91 Å². The van der Waals surface area contributed by atoms with Gasteiger partial charge in [0.05, 0.1) is 24.5 Å². The Morgan fingerprint density at radius 2 is 2.31 bits per heavy atom. The minimum atomic E-state index is -0.0532. The predicted molar refractivity (Wildman–Crippen MR) is 49.5 cm³/mol. The highest BCUT2D eigenvalue weighted by atomic mass is 16.3. The number of amides is 1. The van der Waals surface area contributed by atoms with E-state index in [9.17, 15) is 4.79 Å². The first kappa shape index (κ1) is 8.07. The lowest BCUT2D eigenvalue weighted by Crippen LogP contribution is -2.28. The van der Waals surface area contributed by atoms with Crippen LogP contribution < -0.4 is 10.6 Å². The Balaban J connectivity index is 2.45. The molecular formula is C9H10N2O2. The summed E-state index contributed by atoms with van der Waals surface area (Å²) in [5.41, 5.74) is 2.37. The molecule has 1 aromatic carbocycles. The molecule has 0 spiro atoms. The van der Waals surface area contributed by atoms with Crippen molar-refractivity contribution in [3.63, 3.8) is 0 Å². The first-order valence-corrected chi connectivity index (χ1v) is 4.08. The summed E-state index contributed by atoms with van der Waals surface area (Å²) in [4.78, 5) is 11.0. The quantitative estimate of drug-likeness (QED) is 0.588. The van der Waals surface area contributed by atoms with E-state index in [0.717, 1.165) is 16.9 Å². The van der Waals surface area contributed by atoms with Crippen LogP contribution >= 0.6 is 0 Å². The molecule has 0 fully saturated rings. The molecule has 3 N–H and O–H groups in total. The van der Waals surface area contributed by atoms with Crippen molar-refractivity contribution in [3.8, 4) is 0 Å². The van der Waals surface area contributed by atoms with Crippen molar-refractivity contribution in [2.45, 2.75) is 6.61 Å². The molecule has 4 nitrogen and oxygen atoms in total. The van der Waals surface area contributed by atoms with Crippen molar-refractivity contribution >= 4 is 17.3 Å². The maximum atomic E-state index is 11.0. The van der Waals surface area contributed by atoms with E-state index in [1.165, 1.54) is 0 Å². The molecule has 0 atom stereocenters. The van der Waals surface area contributed by atoms with Gasteiger partial charge in [0.1, 0.15) is 0 Å². The van der Waals surface area contributed by atoms with Crippen LogP contribution in [0.15, 0.2) is 18.2 Å². The van der Waals surface area contributed by atoms with Crippen molar-refractivity contribution in [2.75, 3.05) is 17.2 Å². The summed E-state index contributed by atoms with van der Waals surface area (Å²) in [6.07, 6.45) is 0. The summed E-state index contributed by atoms with van der Waals surface area (Å²) in [6, 6.07) is 5.43. The monoisotopic (exact) mass is 178 g/mol. The number of hydrogen-bond donors (Lipinski definition) is 3. The zero-order valence-electron chi connectivity index (χ0n) is 7.00. The zero-order valence-corrected chi connectivity index (χ0v) is 7.00. The summed E-state index contributed by atoms with van der Waals surface area (Å²) < 4.78 is 0. The maximum absolute atomic E-state index is 11.0. The molecule has 1 aliphatic rings. The van der Waals surface area contributed by atoms with E-state index in [0.29, 0.717) is 0 Å². The first-order valence-electron chi connectivity index (χ1n) is 4.08. The van der Waals surface area contributed by atoms with Crippen molar-refractivity contribution < 1.29 is 9.90 Å². The highest BCUT2D eigenvalue weighted by Crippen LogP contribution is 2.28. The van der Waals surface area contributed by atoms with E-state index in [2.05, 4.69) is 10.6 Å². The lowest BCUT2D eigenvalue weighted by Gasteiger charge is -2.20. The SMILES string of the molecule is O=C1CNc2c(CO)cccc2N1. The van der Waals surface area contributed by atoms with Gasteiger partial charge >= 0.3 is 0 Å². The van der Waals surface area contributed by atoms with Gasteiger partial charge in [-0.3, -0.25) is 4.79 Å². The van der Waals surface area contributed by atoms with Crippen molar-refractivity contribution in [2.24, 2.45) is 0 Å². The molecule has 0 saturated carbocycles. The van der Waals surface area contributed by atoms with E-state index >= 15 is 0 Å². The van der Waals surface area contributed by atoms with Crippen LogP contribution in [0.1, 0.15) is 5.56 Å². The zero-order chi connectivity index (χ0) is 9.26. The van der Waals surface area contributed by atoms with Crippen molar-refractivity contribution in [1.29, 1.82) is 0 Å². The van der Waals surface area contributed by atoms with E-state index < -0.39 is 0 Å². The van der Waals surface area contributed by atoms with E-state index in [4.69, 9.17) is 5.11 Å². The molecule has 0 saturated heterocycles. The summed E-state index contributed by atoms with van der Waals surface area (Å²) in [7, 11) is 0. The number of carbonyl (C=O) groups excluding carboxylic acids is 1. The van der Waals surface area contributed by atoms with Gasteiger partial charge in [-0.25, -0.2) is 0 Å².